The van der Waals surface area contributed by atoms with E-state index in [0.29, 0.717) is 11.0 Å². The number of carbonyl (C=O) groups excluding carboxylic acids is 1. The van der Waals surface area contributed by atoms with Gasteiger partial charge in [0.1, 0.15) is 10.6 Å². The van der Waals surface area contributed by atoms with Gasteiger partial charge in [-0.05, 0) is 64.2 Å². The fourth-order valence-corrected chi connectivity index (χ4v) is 6.56. The molecular formula is C25H27N5O2S2. The summed E-state index contributed by atoms with van der Waals surface area (Å²) in [6.07, 6.45) is 5.86. The summed E-state index contributed by atoms with van der Waals surface area (Å²) < 4.78 is 3.44. The van der Waals surface area contributed by atoms with Crippen molar-refractivity contribution in [2.24, 2.45) is 0 Å². The number of aromatic nitrogens is 4. The first-order valence-electron chi connectivity index (χ1n) is 11.6. The van der Waals surface area contributed by atoms with E-state index in [1.54, 1.807) is 32.8 Å². The monoisotopic (exact) mass is 493 g/mol. The van der Waals surface area contributed by atoms with Crippen molar-refractivity contribution in [3.63, 3.8) is 0 Å². The van der Waals surface area contributed by atoms with Crippen molar-refractivity contribution in [1.82, 2.24) is 19.3 Å². The van der Waals surface area contributed by atoms with Gasteiger partial charge in [0.25, 0.3) is 5.56 Å². The zero-order valence-electron chi connectivity index (χ0n) is 19.4. The molecule has 1 atom stereocenters. The van der Waals surface area contributed by atoms with E-state index in [1.165, 1.54) is 16.6 Å². The third kappa shape index (κ3) is 4.18. The highest BCUT2D eigenvalue weighted by molar-refractivity contribution is 8.00. The van der Waals surface area contributed by atoms with Gasteiger partial charge >= 0.3 is 0 Å². The molecule has 1 amide bonds. The summed E-state index contributed by atoms with van der Waals surface area (Å²) in [6.45, 7) is 5.86. The molecule has 0 bridgehead atoms. The Balaban J connectivity index is 1.54. The third-order valence-electron chi connectivity index (χ3n) is 6.03. The van der Waals surface area contributed by atoms with E-state index in [0.717, 1.165) is 47.2 Å². The second-order valence-electron chi connectivity index (χ2n) is 8.77. The molecule has 3 aromatic heterocycles. The quantitative estimate of drug-likeness (QED) is 0.294. The Morgan fingerprint density at radius 3 is 2.65 bits per heavy atom. The molecule has 0 spiro atoms. The lowest BCUT2D eigenvalue weighted by molar-refractivity contribution is -0.115. The highest BCUT2D eigenvalue weighted by Crippen LogP contribution is 2.36. The molecule has 1 aliphatic rings. The summed E-state index contributed by atoms with van der Waals surface area (Å²) >= 11 is 2.93. The number of hydrogen-bond donors (Lipinski definition) is 1. The number of carbonyl (C=O) groups is 1. The van der Waals surface area contributed by atoms with Crippen LogP contribution in [0.15, 0.2) is 52.5 Å². The van der Waals surface area contributed by atoms with Crippen LogP contribution >= 0.6 is 23.1 Å². The molecule has 0 saturated carbocycles. The smallest absolute Gasteiger partial charge is 0.267 e. The Labute approximate surface area is 206 Å². The number of thioether (sulfide) groups is 1. The minimum Gasteiger partial charge on any atom is -0.310 e. The molecule has 1 aliphatic carbocycles. The number of nitrogens with one attached hydrogen (secondary N) is 1. The summed E-state index contributed by atoms with van der Waals surface area (Å²) in [6, 6.07) is 11.5. The Kier molecular flexibility index (Phi) is 6.31. The van der Waals surface area contributed by atoms with Gasteiger partial charge in [-0.25, -0.2) is 9.67 Å². The van der Waals surface area contributed by atoms with Crippen molar-refractivity contribution in [3.05, 3.63) is 63.4 Å². The van der Waals surface area contributed by atoms with Crippen LogP contribution in [-0.4, -0.2) is 30.5 Å². The maximum atomic E-state index is 13.8. The van der Waals surface area contributed by atoms with Crippen molar-refractivity contribution in [1.29, 1.82) is 0 Å². The first kappa shape index (κ1) is 22.9. The molecule has 9 heteroatoms. The molecule has 7 nitrogen and oxygen atoms in total. The highest BCUT2D eigenvalue weighted by atomic mass is 32.2. The molecule has 5 rings (SSSR count). The molecule has 34 heavy (non-hydrogen) atoms. The Hall–Kier alpha value is -2.91. The number of anilines is 1. The van der Waals surface area contributed by atoms with Crippen LogP contribution in [0.3, 0.4) is 0 Å². The maximum Gasteiger partial charge on any atom is 0.267 e. The normalized spacial score (nSPS) is 14.4. The molecular weight excluding hydrogens is 466 g/mol. The molecule has 3 heterocycles. The Morgan fingerprint density at radius 2 is 1.88 bits per heavy atom. The molecule has 0 fully saturated rings. The predicted molar refractivity (Wildman–Crippen MR) is 138 cm³/mol. The van der Waals surface area contributed by atoms with E-state index in [2.05, 4.69) is 10.4 Å². The van der Waals surface area contributed by atoms with Crippen LogP contribution in [-0.2, 0) is 17.6 Å². The molecule has 1 N–H and O–H groups in total. The lowest BCUT2D eigenvalue weighted by Gasteiger charge is -2.17. The van der Waals surface area contributed by atoms with Crippen molar-refractivity contribution < 1.29 is 4.79 Å². The number of fused-ring (bicyclic) bond motifs is 3. The number of nitrogens with zero attached hydrogens (tertiary/aromatic N) is 4. The molecule has 0 radical (unpaired) electrons. The van der Waals surface area contributed by atoms with Gasteiger partial charge in [0.05, 0.1) is 22.5 Å². The van der Waals surface area contributed by atoms with E-state index in [9.17, 15) is 9.59 Å². The fraction of sp³-hybridized carbons (Fsp3) is 0.360. The van der Waals surface area contributed by atoms with Crippen LogP contribution in [0.5, 0.6) is 0 Å². The standard InChI is InChI=1S/C25H27N5O2S2/c1-15(2)30-20(13-14-26-30)27-22(31)16(3)33-25-28-23-21(18-11-7-8-12-19(18)34-23)24(32)29(25)17-9-5-4-6-10-17/h4-6,9-10,13-16H,7-8,11-12H2,1-3H3,(H,27,31). The van der Waals surface area contributed by atoms with Gasteiger partial charge in [-0.3, -0.25) is 14.2 Å². The first-order valence-corrected chi connectivity index (χ1v) is 13.3. The van der Waals surface area contributed by atoms with E-state index in [-0.39, 0.29) is 17.5 Å². The average Bonchev–Trinajstić information content (AvgIpc) is 3.44. The van der Waals surface area contributed by atoms with Crippen LogP contribution in [0.2, 0.25) is 0 Å². The van der Waals surface area contributed by atoms with E-state index < -0.39 is 5.25 Å². The van der Waals surface area contributed by atoms with E-state index in [4.69, 9.17) is 4.98 Å². The largest absolute Gasteiger partial charge is 0.310 e. The average molecular weight is 494 g/mol. The van der Waals surface area contributed by atoms with Crippen LogP contribution in [0.1, 0.15) is 50.1 Å². The zero-order valence-corrected chi connectivity index (χ0v) is 21.1. The van der Waals surface area contributed by atoms with E-state index in [1.807, 2.05) is 51.1 Å². The van der Waals surface area contributed by atoms with Crippen molar-refractivity contribution >= 4 is 45.0 Å². The highest BCUT2D eigenvalue weighted by Gasteiger charge is 2.25. The molecule has 1 aromatic carbocycles. The van der Waals surface area contributed by atoms with E-state index >= 15 is 0 Å². The van der Waals surface area contributed by atoms with Gasteiger partial charge in [-0.15, -0.1) is 11.3 Å². The topological polar surface area (TPSA) is 81.8 Å². The lowest BCUT2D eigenvalue weighted by Crippen LogP contribution is -2.27. The van der Waals surface area contributed by atoms with Crippen LogP contribution in [0.25, 0.3) is 15.9 Å². The van der Waals surface area contributed by atoms with Crippen LogP contribution in [0.4, 0.5) is 5.82 Å². The minimum absolute atomic E-state index is 0.0522. The number of thiophene rings is 1. The summed E-state index contributed by atoms with van der Waals surface area (Å²) in [5.41, 5.74) is 1.87. The Bertz CT molecular complexity index is 1400. The molecule has 176 valence electrons. The summed E-state index contributed by atoms with van der Waals surface area (Å²) in [5.74, 6) is 0.495. The van der Waals surface area contributed by atoms with Gasteiger partial charge in [-0.1, -0.05) is 30.0 Å². The van der Waals surface area contributed by atoms with Crippen LogP contribution < -0.4 is 10.9 Å². The number of amides is 1. The minimum atomic E-state index is -0.468. The number of benzene rings is 1. The van der Waals surface area contributed by atoms with Gasteiger partial charge in [-0.2, -0.15) is 5.10 Å². The number of hydrogen-bond acceptors (Lipinski definition) is 6. The van der Waals surface area contributed by atoms with Gasteiger partial charge < -0.3 is 5.32 Å². The Morgan fingerprint density at radius 1 is 1.12 bits per heavy atom. The van der Waals surface area contributed by atoms with Gasteiger partial charge in [0.15, 0.2) is 5.16 Å². The van der Waals surface area contributed by atoms with Crippen molar-refractivity contribution in [2.45, 2.75) is 62.9 Å². The number of rotatable bonds is 6. The van der Waals surface area contributed by atoms with Crippen LogP contribution in [0, 0.1) is 0 Å². The predicted octanol–water partition coefficient (Wildman–Crippen LogP) is 5.22. The van der Waals surface area contributed by atoms with Crippen molar-refractivity contribution in [3.8, 4) is 5.69 Å². The van der Waals surface area contributed by atoms with Gasteiger partial charge in [0, 0.05) is 17.0 Å². The third-order valence-corrected chi connectivity index (χ3v) is 8.27. The molecule has 1 unspecified atom stereocenters. The van der Waals surface area contributed by atoms with Crippen molar-refractivity contribution in [2.75, 3.05) is 5.32 Å². The number of aryl methyl sites for hydroxylation is 2. The lowest BCUT2D eigenvalue weighted by atomic mass is 9.97. The summed E-state index contributed by atoms with van der Waals surface area (Å²) in [5, 5.41) is 8.06. The maximum absolute atomic E-state index is 13.8. The zero-order chi connectivity index (χ0) is 23.8. The fourth-order valence-electron chi connectivity index (χ4n) is 4.33. The summed E-state index contributed by atoms with van der Waals surface area (Å²) in [7, 11) is 0. The molecule has 0 saturated heterocycles. The second kappa shape index (κ2) is 9.38. The van der Waals surface area contributed by atoms with Gasteiger partial charge in [0.2, 0.25) is 5.91 Å². The first-order chi connectivity index (χ1) is 16.4. The second-order valence-corrected chi connectivity index (χ2v) is 11.2. The number of para-hydroxylation sites is 1. The SMILES string of the molecule is CC(Sc1nc2sc3c(c2c(=O)n1-c1ccccc1)CCCC3)C(=O)Nc1ccnn1C(C)C. The molecule has 0 aliphatic heterocycles. The molecule has 4 aromatic rings. The summed E-state index contributed by atoms with van der Waals surface area (Å²) in [4.78, 5) is 33.9.